The van der Waals surface area contributed by atoms with E-state index in [0.717, 1.165) is 6.42 Å². The van der Waals surface area contributed by atoms with Crippen molar-refractivity contribution >= 4 is 0 Å². The summed E-state index contributed by atoms with van der Waals surface area (Å²) in [6.45, 7) is 2.03. The smallest absolute Gasteiger partial charge is 0.126 e. The molecule has 0 radical (unpaired) electrons. The Morgan fingerprint density at radius 1 is 1.44 bits per heavy atom. The molecule has 9 heavy (non-hydrogen) atoms. The van der Waals surface area contributed by atoms with Crippen molar-refractivity contribution in [2.75, 3.05) is 0 Å². The first kappa shape index (κ1) is 7.00. The molecule has 1 unspecified atom stereocenters. The Labute approximate surface area is 54.9 Å². The van der Waals surface area contributed by atoms with Crippen LogP contribution >= 0.6 is 0 Å². The molecule has 0 amide bonds. The average Bonchev–Trinajstić information content (AvgIpc) is 1.80. The first-order chi connectivity index (χ1) is 4.20. The fraction of sp³-hybridized carbons (Fsp3) is 1.00. The quantitative estimate of drug-likeness (QED) is 0.529. The summed E-state index contributed by atoms with van der Waals surface area (Å²) in [7, 11) is 0. The maximum absolute atomic E-state index is 12.6. The van der Waals surface area contributed by atoms with Gasteiger partial charge in [0, 0.05) is 0 Å². The van der Waals surface area contributed by atoms with Crippen molar-refractivity contribution in [1.29, 1.82) is 0 Å². The molecule has 1 aliphatic rings. The number of hydrogen-bond donors (Lipinski definition) is 1. The number of aliphatic hydroxyl groups is 1. The zero-order valence-corrected chi connectivity index (χ0v) is 5.68. The molecule has 1 saturated carbocycles. The van der Waals surface area contributed by atoms with E-state index < -0.39 is 12.3 Å². The number of rotatable bonds is 0. The standard InChI is InChI=1S/C7H13FO/c1-5-2-3-7(9)6(8)4-5/h5-7,9H,2-4H2,1H3/t5-,6?,7-/m1/s1. The minimum atomic E-state index is -0.964. The number of hydrogen-bond acceptors (Lipinski definition) is 1. The minimum Gasteiger partial charge on any atom is -0.390 e. The fourth-order valence-electron chi connectivity index (χ4n) is 1.30. The lowest BCUT2D eigenvalue weighted by molar-refractivity contribution is 0.0278. The van der Waals surface area contributed by atoms with Crippen LogP contribution in [0.1, 0.15) is 26.2 Å². The summed E-state index contributed by atoms with van der Waals surface area (Å²) in [6, 6.07) is 0. The van der Waals surface area contributed by atoms with Crippen LogP contribution in [0.5, 0.6) is 0 Å². The third-order valence-electron chi connectivity index (χ3n) is 2.00. The lowest BCUT2D eigenvalue weighted by atomic mass is 9.88. The van der Waals surface area contributed by atoms with E-state index in [4.69, 9.17) is 5.11 Å². The van der Waals surface area contributed by atoms with Gasteiger partial charge in [-0.05, 0) is 25.2 Å². The van der Waals surface area contributed by atoms with Crippen LogP contribution in [0.3, 0.4) is 0 Å². The van der Waals surface area contributed by atoms with Gasteiger partial charge in [-0.3, -0.25) is 0 Å². The topological polar surface area (TPSA) is 20.2 Å². The molecule has 0 spiro atoms. The van der Waals surface area contributed by atoms with Gasteiger partial charge in [-0.15, -0.1) is 0 Å². The summed E-state index contributed by atoms with van der Waals surface area (Å²) in [5.41, 5.74) is 0. The number of aliphatic hydroxyl groups excluding tert-OH is 1. The molecule has 0 bridgehead atoms. The Hall–Kier alpha value is -0.110. The van der Waals surface area contributed by atoms with Gasteiger partial charge in [0.2, 0.25) is 0 Å². The maximum Gasteiger partial charge on any atom is 0.126 e. The number of alkyl halides is 1. The molecule has 1 aliphatic carbocycles. The highest BCUT2D eigenvalue weighted by Crippen LogP contribution is 2.25. The second-order valence-electron chi connectivity index (χ2n) is 3.00. The van der Waals surface area contributed by atoms with Crippen molar-refractivity contribution in [2.45, 2.75) is 38.5 Å². The minimum absolute atomic E-state index is 0.461. The third-order valence-corrected chi connectivity index (χ3v) is 2.00. The van der Waals surface area contributed by atoms with Crippen molar-refractivity contribution in [1.82, 2.24) is 0 Å². The summed E-state index contributed by atoms with van der Waals surface area (Å²) >= 11 is 0. The predicted octanol–water partition coefficient (Wildman–Crippen LogP) is 1.51. The molecule has 0 saturated heterocycles. The van der Waals surface area contributed by atoms with Crippen molar-refractivity contribution in [3.63, 3.8) is 0 Å². The first-order valence-electron chi connectivity index (χ1n) is 3.52. The lowest BCUT2D eigenvalue weighted by Crippen LogP contribution is -2.29. The van der Waals surface area contributed by atoms with Crippen molar-refractivity contribution in [3.05, 3.63) is 0 Å². The van der Waals surface area contributed by atoms with Gasteiger partial charge in [-0.2, -0.15) is 0 Å². The van der Waals surface area contributed by atoms with Crippen LogP contribution in [0.2, 0.25) is 0 Å². The van der Waals surface area contributed by atoms with Crippen LogP contribution in [0, 0.1) is 5.92 Å². The SMILES string of the molecule is C[C@@H]1CC[C@@H](O)C(F)C1. The highest BCUT2D eigenvalue weighted by Gasteiger charge is 2.26. The molecule has 3 atom stereocenters. The van der Waals surface area contributed by atoms with Crippen molar-refractivity contribution < 1.29 is 9.50 Å². The highest BCUT2D eigenvalue weighted by atomic mass is 19.1. The summed E-state index contributed by atoms with van der Waals surface area (Å²) in [5.74, 6) is 0.461. The van der Waals surface area contributed by atoms with Gasteiger partial charge in [0.15, 0.2) is 0 Å². The average molecular weight is 132 g/mol. The molecule has 1 rings (SSSR count). The molecule has 1 N–H and O–H groups in total. The van der Waals surface area contributed by atoms with Gasteiger partial charge in [0.25, 0.3) is 0 Å². The Morgan fingerprint density at radius 2 is 2.11 bits per heavy atom. The number of halogens is 1. The molecule has 0 aromatic heterocycles. The summed E-state index contributed by atoms with van der Waals surface area (Å²) < 4.78 is 12.6. The molecule has 0 aliphatic heterocycles. The predicted molar refractivity (Wildman–Crippen MR) is 33.9 cm³/mol. The second kappa shape index (κ2) is 2.65. The molecular weight excluding hydrogens is 119 g/mol. The monoisotopic (exact) mass is 132 g/mol. The van der Waals surface area contributed by atoms with Gasteiger partial charge in [-0.1, -0.05) is 6.92 Å². The van der Waals surface area contributed by atoms with Gasteiger partial charge >= 0.3 is 0 Å². The van der Waals surface area contributed by atoms with Crippen LogP contribution in [-0.4, -0.2) is 17.4 Å². The van der Waals surface area contributed by atoms with E-state index >= 15 is 0 Å². The van der Waals surface area contributed by atoms with E-state index in [1.807, 2.05) is 6.92 Å². The van der Waals surface area contributed by atoms with E-state index in [1.54, 1.807) is 0 Å². The molecule has 2 heteroatoms. The van der Waals surface area contributed by atoms with E-state index in [0.29, 0.717) is 18.8 Å². The molecule has 1 fully saturated rings. The molecule has 54 valence electrons. The largest absolute Gasteiger partial charge is 0.390 e. The summed E-state index contributed by atoms with van der Waals surface area (Å²) in [5, 5.41) is 8.92. The summed E-state index contributed by atoms with van der Waals surface area (Å²) in [4.78, 5) is 0. The maximum atomic E-state index is 12.6. The molecule has 0 aromatic carbocycles. The van der Waals surface area contributed by atoms with Gasteiger partial charge in [0.1, 0.15) is 6.17 Å². The zero-order chi connectivity index (χ0) is 6.85. The van der Waals surface area contributed by atoms with Crippen molar-refractivity contribution in [3.8, 4) is 0 Å². The molecule has 0 aromatic rings. The highest BCUT2D eigenvalue weighted by molar-refractivity contribution is 4.76. The van der Waals surface area contributed by atoms with E-state index in [-0.39, 0.29) is 0 Å². The van der Waals surface area contributed by atoms with Crippen molar-refractivity contribution in [2.24, 2.45) is 5.92 Å². The van der Waals surface area contributed by atoms with Gasteiger partial charge in [0.05, 0.1) is 6.10 Å². The van der Waals surface area contributed by atoms with Crippen LogP contribution in [0.15, 0.2) is 0 Å². The van der Waals surface area contributed by atoms with Crippen LogP contribution in [-0.2, 0) is 0 Å². The Balaban J connectivity index is 2.35. The van der Waals surface area contributed by atoms with Crippen LogP contribution < -0.4 is 0 Å². The zero-order valence-electron chi connectivity index (χ0n) is 5.68. The third kappa shape index (κ3) is 1.65. The Bertz CT molecular complexity index is 94.9. The summed E-state index contributed by atoms with van der Waals surface area (Å²) in [6.07, 6.45) is 0.514. The molecular formula is C7H13FO. The Morgan fingerprint density at radius 3 is 2.56 bits per heavy atom. The first-order valence-corrected chi connectivity index (χ1v) is 3.52. The molecule has 1 nitrogen and oxygen atoms in total. The van der Waals surface area contributed by atoms with Gasteiger partial charge < -0.3 is 5.11 Å². The van der Waals surface area contributed by atoms with Gasteiger partial charge in [-0.25, -0.2) is 4.39 Å². The molecule has 0 heterocycles. The van der Waals surface area contributed by atoms with E-state index in [9.17, 15) is 4.39 Å². The lowest BCUT2D eigenvalue weighted by Gasteiger charge is -2.25. The normalized spacial score (nSPS) is 45.0. The Kier molecular flexibility index (Phi) is 2.06. The fourth-order valence-corrected chi connectivity index (χ4v) is 1.30. The van der Waals surface area contributed by atoms with Crippen LogP contribution in [0.25, 0.3) is 0 Å². The van der Waals surface area contributed by atoms with E-state index in [1.165, 1.54) is 0 Å². The second-order valence-corrected chi connectivity index (χ2v) is 3.00. The van der Waals surface area contributed by atoms with E-state index in [2.05, 4.69) is 0 Å². The van der Waals surface area contributed by atoms with Crippen LogP contribution in [0.4, 0.5) is 4.39 Å².